The number of nitrogens with one attached hydrogen (secondary N) is 2. The number of piperidine rings is 1. The molecule has 1 aliphatic carbocycles. The van der Waals surface area contributed by atoms with E-state index in [9.17, 15) is 4.79 Å². The Hall–Kier alpha value is -2.24. The van der Waals surface area contributed by atoms with Gasteiger partial charge in [0.15, 0.2) is 5.96 Å². The quantitative estimate of drug-likeness (QED) is 0.523. The zero-order chi connectivity index (χ0) is 22.3. The van der Waals surface area contributed by atoms with Crippen LogP contribution in [-0.2, 0) is 11.3 Å². The predicted molar refractivity (Wildman–Crippen MR) is 132 cm³/mol. The lowest BCUT2D eigenvalue weighted by Crippen LogP contribution is -2.45. The summed E-state index contributed by atoms with van der Waals surface area (Å²) >= 11 is 0. The minimum Gasteiger partial charge on any atom is -0.372 e. The Labute approximate surface area is 193 Å². The molecule has 1 saturated carbocycles. The topological polar surface area (TPSA) is 60.0 Å². The summed E-state index contributed by atoms with van der Waals surface area (Å²) in [4.78, 5) is 22.1. The van der Waals surface area contributed by atoms with E-state index in [4.69, 9.17) is 4.99 Å². The molecule has 0 radical (unpaired) electrons. The molecule has 6 heteroatoms. The molecule has 2 aliphatic heterocycles. The molecular formula is C26H41N5O. The third-order valence-electron chi connectivity index (χ3n) is 7.39. The van der Waals surface area contributed by atoms with Crippen molar-refractivity contribution in [3.63, 3.8) is 0 Å². The molecule has 1 amide bonds. The van der Waals surface area contributed by atoms with Gasteiger partial charge in [-0.05, 0) is 62.6 Å². The minimum atomic E-state index is 0.270. The van der Waals surface area contributed by atoms with E-state index in [1.807, 2.05) is 0 Å². The van der Waals surface area contributed by atoms with Crippen molar-refractivity contribution in [3.05, 3.63) is 29.8 Å². The number of nitrogens with zero attached hydrogens (tertiary/aromatic N) is 3. The maximum Gasteiger partial charge on any atom is 0.225 e. The van der Waals surface area contributed by atoms with E-state index in [2.05, 4.69) is 58.5 Å². The zero-order valence-corrected chi connectivity index (χ0v) is 20.0. The summed E-state index contributed by atoms with van der Waals surface area (Å²) in [5.74, 6) is 2.34. The van der Waals surface area contributed by atoms with Gasteiger partial charge in [-0.3, -0.25) is 4.79 Å². The fourth-order valence-corrected chi connectivity index (χ4v) is 5.27. The van der Waals surface area contributed by atoms with E-state index in [-0.39, 0.29) is 12.0 Å². The van der Waals surface area contributed by atoms with E-state index < -0.39 is 0 Å². The number of likely N-dealkylation sites (tertiary alicyclic amines) is 1. The Bertz CT molecular complexity index is 763. The van der Waals surface area contributed by atoms with Gasteiger partial charge in [0, 0.05) is 50.4 Å². The van der Waals surface area contributed by atoms with Gasteiger partial charge in [0.25, 0.3) is 0 Å². The Kier molecular flexibility index (Phi) is 7.93. The zero-order valence-electron chi connectivity index (χ0n) is 20.0. The number of amides is 1. The van der Waals surface area contributed by atoms with Gasteiger partial charge < -0.3 is 20.4 Å². The highest BCUT2D eigenvalue weighted by Gasteiger charge is 2.32. The molecule has 1 atom stereocenters. The predicted octanol–water partition coefficient (Wildman–Crippen LogP) is 3.77. The Morgan fingerprint density at radius 3 is 2.44 bits per heavy atom. The third kappa shape index (κ3) is 5.96. The first-order valence-electron chi connectivity index (χ1n) is 12.8. The molecule has 2 N–H and O–H groups in total. The Morgan fingerprint density at radius 2 is 1.75 bits per heavy atom. The molecule has 1 aromatic carbocycles. The van der Waals surface area contributed by atoms with Crippen molar-refractivity contribution in [3.8, 4) is 0 Å². The molecule has 3 aliphatic rings. The Morgan fingerprint density at radius 1 is 1.03 bits per heavy atom. The molecule has 1 aromatic rings. The molecule has 4 rings (SSSR count). The van der Waals surface area contributed by atoms with Crippen molar-refractivity contribution < 1.29 is 4.79 Å². The summed E-state index contributed by atoms with van der Waals surface area (Å²) < 4.78 is 0. The van der Waals surface area contributed by atoms with Crippen LogP contribution in [0.2, 0.25) is 0 Å². The van der Waals surface area contributed by atoms with E-state index in [0.717, 1.165) is 63.9 Å². The molecule has 2 heterocycles. The molecule has 2 saturated heterocycles. The van der Waals surface area contributed by atoms with Crippen LogP contribution in [-0.4, -0.2) is 55.5 Å². The number of carbonyl (C=O) groups excluding carboxylic acids is 1. The molecule has 0 spiro atoms. The lowest BCUT2D eigenvalue weighted by Gasteiger charge is -2.32. The lowest BCUT2D eigenvalue weighted by molar-refractivity contribution is -0.134. The SMILES string of the molecule is CCNC(=NCc1ccc(N2CCC(C)CC2)cc1)NC1CCN(C(=O)C2CCCC2)C1. The molecule has 0 aromatic heterocycles. The van der Waals surface area contributed by atoms with Gasteiger partial charge in [0.1, 0.15) is 0 Å². The first-order valence-corrected chi connectivity index (χ1v) is 12.8. The highest BCUT2D eigenvalue weighted by molar-refractivity contribution is 5.81. The summed E-state index contributed by atoms with van der Waals surface area (Å²) in [7, 11) is 0. The molecular weight excluding hydrogens is 398 g/mol. The van der Waals surface area contributed by atoms with Crippen molar-refractivity contribution >= 4 is 17.6 Å². The van der Waals surface area contributed by atoms with Crippen molar-refractivity contribution in [2.45, 2.75) is 71.4 Å². The summed E-state index contributed by atoms with van der Waals surface area (Å²) in [5, 5.41) is 6.94. The van der Waals surface area contributed by atoms with Crippen LogP contribution in [0, 0.1) is 11.8 Å². The summed E-state index contributed by atoms with van der Waals surface area (Å²) in [6.45, 7) is 9.91. The van der Waals surface area contributed by atoms with Crippen molar-refractivity contribution in [2.75, 3.05) is 37.6 Å². The van der Waals surface area contributed by atoms with Crippen LogP contribution in [0.4, 0.5) is 5.69 Å². The van der Waals surface area contributed by atoms with Gasteiger partial charge in [-0.25, -0.2) is 4.99 Å². The van der Waals surface area contributed by atoms with Crippen LogP contribution in [0.25, 0.3) is 0 Å². The number of hydrogen-bond acceptors (Lipinski definition) is 3. The standard InChI is InChI=1S/C26H41N5O/c1-3-27-26(29-23-14-17-31(19-23)25(32)22-6-4-5-7-22)28-18-21-8-10-24(11-9-21)30-15-12-20(2)13-16-30/h8-11,20,22-23H,3-7,12-19H2,1-2H3,(H2,27,28,29). The number of anilines is 1. The van der Waals surface area contributed by atoms with Crippen LogP contribution in [0.1, 0.15) is 64.4 Å². The molecule has 32 heavy (non-hydrogen) atoms. The van der Waals surface area contributed by atoms with Gasteiger partial charge in [-0.2, -0.15) is 0 Å². The number of rotatable bonds is 6. The van der Waals surface area contributed by atoms with Gasteiger partial charge in [-0.15, -0.1) is 0 Å². The highest BCUT2D eigenvalue weighted by atomic mass is 16.2. The van der Waals surface area contributed by atoms with Crippen LogP contribution < -0.4 is 15.5 Å². The third-order valence-corrected chi connectivity index (χ3v) is 7.39. The molecule has 0 bridgehead atoms. The number of aliphatic imine (C=N–C) groups is 1. The Balaban J connectivity index is 1.29. The lowest BCUT2D eigenvalue weighted by atomic mass is 9.99. The number of carbonyl (C=O) groups is 1. The van der Waals surface area contributed by atoms with E-state index in [1.165, 1.54) is 36.9 Å². The maximum atomic E-state index is 12.7. The second kappa shape index (κ2) is 11.1. The first-order chi connectivity index (χ1) is 15.6. The largest absolute Gasteiger partial charge is 0.372 e. The molecule has 6 nitrogen and oxygen atoms in total. The van der Waals surface area contributed by atoms with Crippen molar-refractivity contribution in [1.82, 2.24) is 15.5 Å². The fraction of sp³-hybridized carbons (Fsp3) is 0.692. The van der Waals surface area contributed by atoms with Crippen LogP contribution in [0.15, 0.2) is 29.3 Å². The molecule has 176 valence electrons. The van der Waals surface area contributed by atoms with E-state index in [0.29, 0.717) is 12.5 Å². The van der Waals surface area contributed by atoms with Gasteiger partial charge in [0.05, 0.1) is 6.54 Å². The number of hydrogen-bond donors (Lipinski definition) is 2. The molecule has 1 unspecified atom stereocenters. The average Bonchev–Trinajstić information content (AvgIpc) is 3.51. The average molecular weight is 440 g/mol. The summed E-state index contributed by atoms with van der Waals surface area (Å²) in [5.41, 5.74) is 2.55. The maximum absolute atomic E-state index is 12.7. The van der Waals surface area contributed by atoms with Crippen molar-refractivity contribution in [1.29, 1.82) is 0 Å². The van der Waals surface area contributed by atoms with Crippen molar-refractivity contribution in [2.24, 2.45) is 16.8 Å². The highest BCUT2D eigenvalue weighted by Crippen LogP contribution is 2.28. The first kappa shape index (κ1) is 22.9. The second-order valence-corrected chi connectivity index (χ2v) is 9.93. The molecule has 3 fully saturated rings. The number of guanidine groups is 1. The number of benzene rings is 1. The van der Waals surface area contributed by atoms with Gasteiger partial charge >= 0.3 is 0 Å². The van der Waals surface area contributed by atoms with Crippen LogP contribution >= 0.6 is 0 Å². The van der Waals surface area contributed by atoms with Gasteiger partial charge in [0.2, 0.25) is 5.91 Å². The van der Waals surface area contributed by atoms with E-state index >= 15 is 0 Å². The van der Waals surface area contributed by atoms with Gasteiger partial charge in [-0.1, -0.05) is 31.9 Å². The summed E-state index contributed by atoms with van der Waals surface area (Å²) in [6, 6.07) is 9.17. The fourth-order valence-electron chi connectivity index (χ4n) is 5.27. The normalized spacial score (nSPS) is 23.1. The second-order valence-electron chi connectivity index (χ2n) is 9.93. The summed E-state index contributed by atoms with van der Waals surface area (Å²) in [6.07, 6.45) is 8.14. The monoisotopic (exact) mass is 439 g/mol. The smallest absolute Gasteiger partial charge is 0.225 e. The minimum absolute atomic E-state index is 0.270. The van der Waals surface area contributed by atoms with Crippen LogP contribution in [0.3, 0.4) is 0 Å². The van der Waals surface area contributed by atoms with Crippen LogP contribution in [0.5, 0.6) is 0 Å². The van der Waals surface area contributed by atoms with E-state index in [1.54, 1.807) is 0 Å².